The first-order valence-corrected chi connectivity index (χ1v) is 10.1. The Morgan fingerprint density at radius 3 is 2.48 bits per heavy atom. The summed E-state index contributed by atoms with van der Waals surface area (Å²) in [6, 6.07) is 19.1. The summed E-state index contributed by atoms with van der Waals surface area (Å²) in [5.41, 5.74) is 4.63. The minimum absolute atomic E-state index is 0.171. The number of rotatable bonds is 6. The topological polar surface area (TPSA) is 76.9 Å². The van der Waals surface area contributed by atoms with Gasteiger partial charge in [0.05, 0.1) is 24.6 Å². The van der Waals surface area contributed by atoms with Crippen molar-refractivity contribution in [2.45, 2.75) is 26.3 Å². The van der Waals surface area contributed by atoms with E-state index in [0.29, 0.717) is 12.3 Å². The summed E-state index contributed by atoms with van der Waals surface area (Å²) in [4.78, 5) is 13.1. The third kappa shape index (κ3) is 4.55. The van der Waals surface area contributed by atoms with Crippen molar-refractivity contribution < 1.29 is 14.3 Å². The number of ether oxygens (including phenoxy) is 2. The van der Waals surface area contributed by atoms with Crippen LogP contribution >= 0.6 is 0 Å². The van der Waals surface area contributed by atoms with Crippen LogP contribution in [-0.2, 0) is 4.79 Å². The summed E-state index contributed by atoms with van der Waals surface area (Å²) in [5, 5.41) is 14.2. The van der Waals surface area contributed by atoms with E-state index in [1.54, 1.807) is 13.2 Å². The molecule has 4 rings (SSSR count). The van der Waals surface area contributed by atoms with E-state index >= 15 is 0 Å². The molecule has 2 aromatic carbocycles. The zero-order valence-corrected chi connectivity index (χ0v) is 17.8. The number of aryl methyl sites for hydroxylation is 2. The van der Waals surface area contributed by atoms with Crippen molar-refractivity contribution in [1.29, 1.82) is 0 Å². The van der Waals surface area contributed by atoms with Crippen LogP contribution in [0.15, 0.2) is 65.8 Å². The molecule has 0 saturated heterocycles. The van der Waals surface area contributed by atoms with Crippen LogP contribution in [0, 0.1) is 13.8 Å². The molecule has 2 heterocycles. The number of hydrogen-bond donors (Lipinski definition) is 0. The summed E-state index contributed by atoms with van der Waals surface area (Å²) in [6.45, 7) is 3.63. The van der Waals surface area contributed by atoms with Crippen molar-refractivity contribution >= 4 is 11.6 Å². The van der Waals surface area contributed by atoms with E-state index in [1.807, 2.05) is 68.4 Å². The predicted octanol–water partition coefficient (Wildman–Crippen LogP) is 3.86. The maximum atomic E-state index is 13.1. The van der Waals surface area contributed by atoms with E-state index in [0.717, 1.165) is 33.8 Å². The highest BCUT2D eigenvalue weighted by Gasteiger charge is 2.33. The number of hydrogen-bond acceptors (Lipinski definition) is 6. The number of aromatic nitrogens is 2. The average molecular weight is 416 g/mol. The lowest BCUT2D eigenvalue weighted by Gasteiger charge is -2.22. The smallest absolute Gasteiger partial charge is 0.281 e. The van der Waals surface area contributed by atoms with Gasteiger partial charge in [-0.2, -0.15) is 10.2 Å². The number of amides is 1. The van der Waals surface area contributed by atoms with Crippen LogP contribution in [0.1, 0.15) is 34.8 Å². The molecule has 7 heteroatoms. The highest BCUT2D eigenvalue weighted by molar-refractivity contribution is 6.03. The van der Waals surface area contributed by atoms with E-state index in [2.05, 4.69) is 15.3 Å². The highest BCUT2D eigenvalue weighted by Crippen LogP contribution is 2.33. The molecule has 1 unspecified atom stereocenters. The number of carbonyl (C=O) groups excluding carboxylic acids is 1. The van der Waals surface area contributed by atoms with Gasteiger partial charge in [-0.25, -0.2) is 5.01 Å². The molecule has 0 N–H and O–H groups in total. The molecular formula is C24H24N4O3. The molecule has 0 saturated carbocycles. The van der Waals surface area contributed by atoms with Gasteiger partial charge in [0.15, 0.2) is 6.61 Å². The summed E-state index contributed by atoms with van der Waals surface area (Å²) < 4.78 is 10.9. The second kappa shape index (κ2) is 8.95. The van der Waals surface area contributed by atoms with E-state index in [9.17, 15) is 4.79 Å². The third-order valence-corrected chi connectivity index (χ3v) is 5.33. The Hall–Kier alpha value is -3.74. The first-order chi connectivity index (χ1) is 15.0. The molecule has 1 atom stereocenters. The Balaban J connectivity index is 1.56. The van der Waals surface area contributed by atoms with E-state index in [4.69, 9.17) is 9.47 Å². The monoisotopic (exact) mass is 416 g/mol. The second-order valence-corrected chi connectivity index (χ2v) is 7.38. The van der Waals surface area contributed by atoms with E-state index in [1.165, 1.54) is 5.01 Å². The third-order valence-electron chi connectivity index (χ3n) is 5.33. The van der Waals surface area contributed by atoms with Crippen molar-refractivity contribution in [1.82, 2.24) is 15.2 Å². The van der Waals surface area contributed by atoms with Gasteiger partial charge >= 0.3 is 0 Å². The number of methoxy groups -OCH3 is 1. The normalized spacial score (nSPS) is 15.5. The maximum Gasteiger partial charge on any atom is 0.281 e. The zero-order chi connectivity index (χ0) is 21.8. The molecule has 0 bridgehead atoms. The number of carbonyl (C=O) groups is 1. The molecule has 7 nitrogen and oxygen atoms in total. The van der Waals surface area contributed by atoms with Crippen LogP contribution in [-0.4, -0.2) is 40.5 Å². The fourth-order valence-electron chi connectivity index (χ4n) is 3.43. The van der Waals surface area contributed by atoms with Crippen LogP contribution in [0.25, 0.3) is 0 Å². The van der Waals surface area contributed by atoms with Gasteiger partial charge in [0.2, 0.25) is 5.88 Å². The molecule has 1 aromatic heterocycles. The van der Waals surface area contributed by atoms with Crippen molar-refractivity contribution in [2.75, 3.05) is 13.7 Å². The lowest BCUT2D eigenvalue weighted by molar-refractivity contribution is -0.135. The molecular weight excluding hydrogens is 392 g/mol. The molecule has 0 spiro atoms. The summed E-state index contributed by atoms with van der Waals surface area (Å²) in [7, 11) is 1.63. The van der Waals surface area contributed by atoms with Gasteiger partial charge in [-0.05, 0) is 42.7 Å². The molecule has 1 amide bonds. The number of hydrazone groups is 1. The van der Waals surface area contributed by atoms with Gasteiger partial charge in [-0.15, -0.1) is 5.10 Å². The number of nitrogens with zero attached hydrogens (tertiary/aromatic N) is 4. The maximum absolute atomic E-state index is 13.1. The lowest BCUT2D eigenvalue weighted by atomic mass is 9.98. The first-order valence-electron chi connectivity index (χ1n) is 10.1. The molecule has 0 fully saturated rings. The fourth-order valence-corrected chi connectivity index (χ4v) is 3.43. The Labute approximate surface area is 181 Å². The first kappa shape index (κ1) is 20.5. The van der Waals surface area contributed by atoms with Gasteiger partial charge in [0, 0.05) is 12.5 Å². The van der Waals surface area contributed by atoms with Crippen LogP contribution in [0.3, 0.4) is 0 Å². The van der Waals surface area contributed by atoms with Gasteiger partial charge in [0.1, 0.15) is 5.75 Å². The summed E-state index contributed by atoms with van der Waals surface area (Å²) in [5.74, 6) is 0.844. The highest BCUT2D eigenvalue weighted by atomic mass is 16.5. The molecule has 0 radical (unpaired) electrons. The fraction of sp³-hybridized carbons (Fsp3) is 0.250. The van der Waals surface area contributed by atoms with Crippen molar-refractivity contribution in [3.63, 3.8) is 0 Å². The van der Waals surface area contributed by atoms with Gasteiger partial charge < -0.3 is 9.47 Å². The van der Waals surface area contributed by atoms with Crippen LogP contribution in [0.5, 0.6) is 11.6 Å². The molecule has 0 aliphatic carbocycles. The number of benzene rings is 2. The van der Waals surface area contributed by atoms with E-state index < -0.39 is 0 Å². The Bertz CT molecular complexity index is 1100. The largest absolute Gasteiger partial charge is 0.497 e. The van der Waals surface area contributed by atoms with Gasteiger partial charge in [0.25, 0.3) is 5.91 Å². The van der Waals surface area contributed by atoms with Crippen LogP contribution in [0.4, 0.5) is 0 Å². The molecule has 3 aromatic rings. The average Bonchev–Trinajstić information content (AvgIpc) is 3.26. The second-order valence-electron chi connectivity index (χ2n) is 7.38. The Morgan fingerprint density at radius 2 is 1.81 bits per heavy atom. The molecule has 158 valence electrons. The molecule has 1 aliphatic heterocycles. The standard InChI is InChI=1S/C24H24N4O3/c1-16-13-23(26-25-17(16)2)31-15-24(29)28-22(19-9-11-20(30-3)12-10-19)14-21(27-28)18-7-5-4-6-8-18/h4-13,22H,14-15H2,1-3H3. The zero-order valence-electron chi connectivity index (χ0n) is 17.8. The lowest BCUT2D eigenvalue weighted by Crippen LogP contribution is -2.31. The predicted molar refractivity (Wildman–Crippen MR) is 117 cm³/mol. The van der Waals surface area contributed by atoms with Gasteiger partial charge in [-0.1, -0.05) is 42.5 Å². The Kier molecular flexibility index (Phi) is 5.93. The van der Waals surface area contributed by atoms with Gasteiger partial charge in [-0.3, -0.25) is 4.79 Å². The molecule has 1 aliphatic rings. The SMILES string of the molecule is COc1ccc(C2CC(c3ccccc3)=NN2C(=O)COc2cc(C)c(C)nn2)cc1. The van der Waals surface area contributed by atoms with Crippen molar-refractivity contribution in [3.05, 3.63) is 83.0 Å². The van der Waals surface area contributed by atoms with Crippen LogP contribution < -0.4 is 9.47 Å². The minimum atomic E-state index is -0.244. The van der Waals surface area contributed by atoms with E-state index in [-0.39, 0.29) is 18.6 Å². The van der Waals surface area contributed by atoms with Crippen molar-refractivity contribution in [2.24, 2.45) is 5.10 Å². The Morgan fingerprint density at radius 1 is 1.06 bits per heavy atom. The summed E-state index contributed by atoms with van der Waals surface area (Å²) in [6.07, 6.45) is 0.617. The summed E-state index contributed by atoms with van der Waals surface area (Å²) >= 11 is 0. The molecule has 31 heavy (non-hydrogen) atoms. The quantitative estimate of drug-likeness (QED) is 0.610. The van der Waals surface area contributed by atoms with Crippen molar-refractivity contribution in [3.8, 4) is 11.6 Å². The van der Waals surface area contributed by atoms with Crippen LogP contribution in [0.2, 0.25) is 0 Å². The minimum Gasteiger partial charge on any atom is -0.497 e.